The molecule has 0 radical (unpaired) electrons. The van der Waals surface area contributed by atoms with Crippen molar-refractivity contribution < 1.29 is 24.5 Å². The topological polar surface area (TPSA) is 88.0 Å². The lowest BCUT2D eigenvalue weighted by atomic mass is 10.0. The van der Waals surface area contributed by atoms with Crippen LogP contribution in [0.2, 0.25) is 5.02 Å². The molecular weight excluding hydrogens is 370 g/mol. The highest BCUT2D eigenvalue weighted by molar-refractivity contribution is 6.31. The second-order valence-corrected chi connectivity index (χ2v) is 6.99. The van der Waals surface area contributed by atoms with Gasteiger partial charge in [-0.05, 0) is 37.1 Å². The number of halogens is 1. The van der Waals surface area contributed by atoms with Gasteiger partial charge in [0.2, 0.25) is 6.10 Å². The first-order valence-corrected chi connectivity index (χ1v) is 9.13. The Morgan fingerprint density at radius 2 is 2.07 bits per heavy atom. The number of carbonyl (C=O) groups is 1. The van der Waals surface area contributed by atoms with E-state index in [1.165, 1.54) is 0 Å². The van der Waals surface area contributed by atoms with Crippen LogP contribution in [0.5, 0.6) is 11.5 Å². The number of benzene rings is 2. The summed E-state index contributed by atoms with van der Waals surface area (Å²) in [6.45, 7) is 2.40. The highest BCUT2D eigenvalue weighted by Crippen LogP contribution is 2.33. The zero-order valence-corrected chi connectivity index (χ0v) is 15.6. The fourth-order valence-corrected chi connectivity index (χ4v) is 3.22. The van der Waals surface area contributed by atoms with Gasteiger partial charge in [0.05, 0.1) is 6.10 Å². The standard InChI is InChI=1S/C20H22ClNO5/c1-12(22-10-16(23)14-4-2-3-5-15(14)21)8-13-6-7-17-18(9-13)26-11-19(27-17)20(24)25/h2-7,9,12,16,19,22-23H,8,10-11H2,1H3,(H,24,25)/t12-,16+,19-/m1/s1. The maximum Gasteiger partial charge on any atom is 0.348 e. The van der Waals surface area contributed by atoms with E-state index >= 15 is 0 Å². The van der Waals surface area contributed by atoms with Crippen molar-refractivity contribution in [3.63, 3.8) is 0 Å². The fourth-order valence-electron chi connectivity index (χ4n) is 2.96. The highest BCUT2D eigenvalue weighted by Gasteiger charge is 2.27. The predicted octanol–water partition coefficient (Wildman–Crippen LogP) is 2.82. The van der Waals surface area contributed by atoms with E-state index in [0.29, 0.717) is 35.1 Å². The molecule has 0 fully saturated rings. The van der Waals surface area contributed by atoms with Gasteiger partial charge >= 0.3 is 5.97 Å². The molecule has 1 heterocycles. The van der Waals surface area contributed by atoms with Crippen LogP contribution in [0.4, 0.5) is 0 Å². The zero-order chi connectivity index (χ0) is 19.4. The van der Waals surface area contributed by atoms with E-state index in [0.717, 1.165) is 5.56 Å². The first-order chi connectivity index (χ1) is 12.9. The second-order valence-electron chi connectivity index (χ2n) is 6.59. The van der Waals surface area contributed by atoms with Gasteiger partial charge in [0.25, 0.3) is 0 Å². The van der Waals surface area contributed by atoms with E-state index in [4.69, 9.17) is 26.2 Å². The summed E-state index contributed by atoms with van der Waals surface area (Å²) < 4.78 is 10.9. The van der Waals surface area contributed by atoms with Crippen molar-refractivity contribution in [2.24, 2.45) is 0 Å². The van der Waals surface area contributed by atoms with E-state index < -0.39 is 18.2 Å². The Balaban J connectivity index is 1.55. The largest absolute Gasteiger partial charge is 0.485 e. The van der Waals surface area contributed by atoms with Gasteiger partial charge < -0.3 is 25.0 Å². The molecule has 7 heteroatoms. The molecule has 0 amide bonds. The molecule has 0 bridgehead atoms. The molecule has 1 aliphatic rings. The van der Waals surface area contributed by atoms with Crippen molar-refractivity contribution in [3.8, 4) is 11.5 Å². The monoisotopic (exact) mass is 391 g/mol. The van der Waals surface area contributed by atoms with Crippen molar-refractivity contribution in [2.75, 3.05) is 13.2 Å². The maximum atomic E-state index is 11.0. The Morgan fingerprint density at radius 3 is 2.81 bits per heavy atom. The average molecular weight is 392 g/mol. The van der Waals surface area contributed by atoms with Crippen LogP contribution in [0.25, 0.3) is 0 Å². The van der Waals surface area contributed by atoms with Crippen LogP contribution in [-0.4, -0.2) is 41.5 Å². The Kier molecular flexibility index (Phi) is 6.21. The molecule has 0 saturated carbocycles. The maximum absolute atomic E-state index is 11.0. The lowest BCUT2D eigenvalue weighted by Gasteiger charge is -2.24. The molecule has 3 N–H and O–H groups in total. The van der Waals surface area contributed by atoms with E-state index in [9.17, 15) is 9.90 Å². The molecule has 6 nitrogen and oxygen atoms in total. The molecule has 2 aromatic rings. The molecule has 0 aliphatic carbocycles. The van der Waals surface area contributed by atoms with Crippen LogP contribution >= 0.6 is 11.6 Å². The molecule has 3 rings (SSSR count). The van der Waals surface area contributed by atoms with Gasteiger partial charge in [-0.15, -0.1) is 0 Å². The third-order valence-electron chi connectivity index (χ3n) is 4.41. The lowest BCUT2D eigenvalue weighted by Crippen LogP contribution is -2.36. The van der Waals surface area contributed by atoms with E-state index in [2.05, 4.69) is 5.32 Å². The molecule has 144 valence electrons. The average Bonchev–Trinajstić information content (AvgIpc) is 2.66. The van der Waals surface area contributed by atoms with Crippen LogP contribution in [0, 0.1) is 0 Å². The van der Waals surface area contributed by atoms with Gasteiger partial charge in [0.1, 0.15) is 6.61 Å². The normalized spacial score (nSPS) is 18.0. The number of aliphatic hydroxyl groups is 1. The van der Waals surface area contributed by atoms with Crippen molar-refractivity contribution in [1.29, 1.82) is 0 Å². The summed E-state index contributed by atoms with van der Waals surface area (Å²) in [5, 5.41) is 23.2. The molecule has 0 unspecified atom stereocenters. The van der Waals surface area contributed by atoms with Crippen molar-refractivity contribution in [1.82, 2.24) is 5.32 Å². The minimum Gasteiger partial charge on any atom is -0.485 e. The summed E-state index contributed by atoms with van der Waals surface area (Å²) >= 11 is 6.11. The molecule has 0 saturated heterocycles. The fraction of sp³-hybridized carbons (Fsp3) is 0.350. The predicted molar refractivity (Wildman–Crippen MR) is 102 cm³/mol. The minimum absolute atomic E-state index is 0.0103. The Bertz CT molecular complexity index is 813. The molecule has 3 atom stereocenters. The minimum atomic E-state index is -1.04. The van der Waals surface area contributed by atoms with Gasteiger partial charge in [0.15, 0.2) is 11.5 Å². The molecule has 0 spiro atoms. The van der Waals surface area contributed by atoms with E-state index in [-0.39, 0.29) is 12.6 Å². The van der Waals surface area contributed by atoms with Crippen molar-refractivity contribution >= 4 is 17.6 Å². The van der Waals surface area contributed by atoms with E-state index in [1.54, 1.807) is 12.1 Å². The summed E-state index contributed by atoms with van der Waals surface area (Å²) in [5.74, 6) is -0.0555. The summed E-state index contributed by atoms with van der Waals surface area (Å²) in [7, 11) is 0. The molecule has 1 aliphatic heterocycles. The Hall–Kier alpha value is -2.28. The number of ether oxygens (including phenoxy) is 2. The smallest absolute Gasteiger partial charge is 0.348 e. The number of fused-ring (bicyclic) bond motifs is 1. The van der Waals surface area contributed by atoms with Gasteiger partial charge in [-0.1, -0.05) is 35.9 Å². The molecule has 0 aromatic heterocycles. The van der Waals surface area contributed by atoms with Crippen LogP contribution in [0.15, 0.2) is 42.5 Å². The number of aliphatic carboxylic acids is 1. The first kappa shape index (κ1) is 19.5. The van der Waals surface area contributed by atoms with Gasteiger partial charge in [-0.2, -0.15) is 0 Å². The Morgan fingerprint density at radius 1 is 1.30 bits per heavy atom. The number of hydrogen-bond acceptors (Lipinski definition) is 5. The summed E-state index contributed by atoms with van der Waals surface area (Å²) in [6, 6.07) is 12.8. The number of carboxylic acid groups (broad SMARTS) is 1. The van der Waals surface area contributed by atoms with Gasteiger partial charge in [0, 0.05) is 23.2 Å². The highest BCUT2D eigenvalue weighted by atomic mass is 35.5. The molecular formula is C20H22ClNO5. The van der Waals surface area contributed by atoms with Crippen LogP contribution < -0.4 is 14.8 Å². The van der Waals surface area contributed by atoms with Crippen molar-refractivity contribution in [2.45, 2.75) is 31.6 Å². The summed E-state index contributed by atoms with van der Waals surface area (Å²) in [4.78, 5) is 11.0. The number of aliphatic hydroxyl groups excluding tert-OH is 1. The molecule has 27 heavy (non-hydrogen) atoms. The first-order valence-electron chi connectivity index (χ1n) is 8.75. The summed E-state index contributed by atoms with van der Waals surface area (Å²) in [6.07, 6.45) is -0.946. The van der Waals surface area contributed by atoms with Crippen LogP contribution in [-0.2, 0) is 11.2 Å². The third-order valence-corrected chi connectivity index (χ3v) is 4.75. The quantitative estimate of drug-likeness (QED) is 0.672. The summed E-state index contributed by atoms with van der Waals surface area (Å²) in [5.41, 5.74) is 1.73. The van der Waals surface area contributed by atoms with Gasteiger partial charge in [-0.25, -0.2) is 4.79 Å². The molecule has 2 aromatic carbocycles. The van der Waals surface area contributed by atoms with E-state index in [1.807, 2.05) is 37.3 Å². The number of carboxylic acids is 1. The van der Waals surface area contributed by atoms with Crippen LogP contribution in [0.3, 0.4) is 0 Å². The van der Waals surface area contributed by atoms with Crippen molar-refractivity contribution in [3.05, 3.63) is 58.6 Å². The third kappa shape index (κ3) is 4.91. The second kappa shape index (κ2) is 8.61. The Labute approximate surface area is 162 Å². The number of rotatable bonds is 7. The zero-order valence-electron chi connectivity index (χ0n) is 14.9. The number of nitrogens with one attached hydrogen (secondary N) is 1. The van der Waals surface area contributed by atoms with Crippen LogP contribution in [0.1, 0.15) is 24.2 Å². The lowest BCUT2D eigenvalue weighted by molar-refractivity contribution is -0.147. The SMILES string of the molecule is C[C@H](Cc1ccc2c(c1)OC[C@H](C(=O)O)O2)NC[C@H](O)c1ccccc1Cl. The number of hydrogen-bond donors (Lipinski definition) is 3. The van der Waals surface area contributed by atoms with Gasteiger partial charge in [-0.3, -0.25) is 0 Å².